The lowest BCUT2D eigenvalue weighted by atomic mass is 9.69. The van der Waals surface area contributed by atoms with Crippen LogP contribution in [0.15, 0.2) is 12.2 Å². The lowest BCUT2D eigenvalue weighted by Crippen LogP contribution is -2.62. The topological polar surface area (TPSA) is 6.48 Å². The third-order valence-corrected chi connectivity index (χ3v) is 6.04. The first kappa shape index (κ1) is 11.5. The minimum absolute atomic E-state index is 0.634. The quantitative estimate of drug-likeness (QED) is 0.656. The van der Waals surface area contributed by atoms with Gasteiger partial charge in [-0.25, -0.2) is 10.0 Å². The zero-order valence-electron chi connectivity index (χ0n) is 11.5. The van der Waals surface area contributed by atoms with E-state index < -0.39 is 0 Å². The van der Waals surface area contributed by atoms with Gasteiger partial charge in [0, 0.05) is 26.2 Å². The van der Waals surface area contributed by atoms with E-state index in [0.717, 1.165) is 5.41 Å². The molecule has 2 spiro atoms. The van der Waals surface area contributed by atoms with Crippen molar-refractivity contribution < 1.29 is 0 Å². The van der Waals surface area contributed by atoms with Gasteiger partial charge >= 0.3 is 0 Å². The Morgan fingerprint density at radius 1 is 0.667 bits per heavy atom. The molecule has 100 valence electrons. The molecule has 4 aliphatic rings. The second-order valence-electron chi connectivity index (χ2n) is 7.40. The highest BCUT2D eigenvalue weighted by Gasteiger charge is 2.48. The summed E-state index contributed by atoms with van der Waals surface area (Å²) in [7, 11) is 0. The molecule has 0 atom stereocenters. The predicted molar refractivity (Wildman–Crippen MR) is 74.1 cm³/mol. The molecule has 2 aliphatic carbocycles. The zero-order valence-corrected chi connectivity index (χ0v) is 11.5. The van der Waals surface area contributed by atoms with Crippen LogP contribution in [-0.4, -0.2) is 36.2 Å². The van der Waals surface area contributed by atoms with E-state index in [1.807, 2.05) is 0 Å². The monoisotopic (exact) mass is 246 g/mol. The van der Waals surface area contributed by atoms with E-state index in [1.54, 1.807) is 0 Å². The molecule has 0 aromatic heterocycles. The van der Waals surface area contributed by atoms with Crippen LogP contribution in [0.25, 0.3) is 0 Å². The van der Waals surface area contributed by atoms with Crippen molar-refractivity contribution in [2.75, 3.05) is 26.2 Å². The summed E-state index contributed by atoms with van der Waals surface area (Å²) in [5.74, 6) is 0. The van der Waals surface area contributed by atoms with Crippen molar-refractivity contribution in [3.05, 3.63) is 12.2 Å². The lowest BCUT2D eigenvalue weighted by Gasteiger charge is -2.55. The average molecular weight is 246 g/mol. The summed E-state index contributed by atoms with van der Waals surface area (Å²) < 4.78 is 0. The van der Waals surface area contributed by atoms with E-state index >= 15 is 0 Å². The number of hydrazine groups is 1. The van der Waals surface area contributed by atoms with Crippen LogP contribution < -0.4 is 0 Å². The molecule has 0 N–H and O–H groups in total. The maximum Gasteiger partial charge on any atom is 0.0203 e. The highest BCUT2D eigenvalue weighted by molar-refractivity contribution is 5.07. The van der Waals surface area contributed by atoms with Crippen LogP contribution in [0.3, 0.4) is 0 Å². The van der Waals surface area contributed by atoms with E-state index in [2.05, 4.69) is 22.2 Å². The molecule has 4 rings (SSSR count). The van der Waals surface area contributed by atoms with Crippen molar-refractivity contribution >= 4 is 0 Å². The van der Waals surface area contributed by atoms with Crippen molar-refractivity contribution in [2.45, 2.75) is 51.4 Å². The fraction of sp³-hybridized carbons (Fsp3) is 0.875. The van der Waals surface area contributed by atoms with Gasteiger partial charge in [-0.15, -0.1) is 0 Å². The first-order valence-electron chi connectivity index (χ1n) is 7.94. The van der Waals surface area contributed by atoms with E-state index in [0.29, 0.717) is 5.41 Å². The molecule has 2 heteroatoms. The minimum atomic E-state index is 0.634. The molecule has 3 fully saturated rings. The minimum Gasteiger partial charge on any atom is -0.241 e. The molecular weight excluding hydrogens is 220 g/mol. The largest absolute Gasteiger partial charge is 0.241 e. The fourth-order valence-electron chi connectivity index (χ4n) is 4.78. The Morgan fingerprint density at radius 3 is 2.06 bits per heavy atom. The molecule has 0 aromatic carbocycles. The van der Waals surface area contributed by atoms with Gasteiger partial charge in [-0.3, -0.25) is 0 Å². The molecule has 0 bridgehead atoms. The molecule has 18 heavy (non-hydrogen) atoms. The maximum atomic E-state index is 2.69. The molecule has 0 amide bonds. The van der Waals surface area contributed by atoms with Gasteiger partial charge in [0.2, 0.25) is 0 Å². The third-order valence-electron chi connectivity index (χ3n) is 6.04. The first-order chi connectivity index (χ1) is 8.79. The van der Waals surface area contributed by atoms with Crippen LogP contribution >= 0.6 is 0 Å². The van der Waals surface area contributed by atoms with Crippen molar-refractivity contribution in [1.29, 1.82) is 0 Å². The molecule has 1 saturated carbocycles. The second kappa shape index (κ2) is 4.08. The first-order valence-corrected chi connectivity index (χ1v) is 7.94. The van der Waals surface area contributed by atoms with Crippen molar-refractivity contribution in [3.63, 3.8) is 0 Å². The van der Waals surface area contributed by atoms with Gasteiger partial charge in [-0.05, 0) is 42.9 Å². The van der Waals surface area contributed by atoms with E-state index in [9.17, 15) is 0 Å². The normalized spacial score (nSPS) is 34.4. The molecule has 2 aliphatic heterocycles. The van der Waals surface area contributed by atoms with Crippen LogP contribution in [-0.2, 0) is 0 Å². The van der Waals surface area contributed by atoms with Crippen molar-refractivity contribution in [3.8, 4) is 0 Å². The number of allylic oxidation sites excluding steroid dienone is 2. The second-order valence-corrected chi connectivity index (χ2v) is 7.40. The van der Waals surface area contributed by atoms with Crippen molar-refractivity contribution in [1.82, 2.24) is 10.0 Å². The van der Waals surface area contributed by atoms with Gasteiger partial charge in [0.1, 0.15) is 0 Å². The Balaban J connectivity index is 1.34. The van der Waals surface area contributed by atoms with Crippen LogP contribution in [0, 0.1) is 10.8 Å². The van der Waals surface area contributed by atoms with E-state index in [-0.39, 0.29) is 0 Å². The summed E-state index contributed by atoms with van der Waals surface area (Å²) in [6.45, 7) is 5.39. The van der Waals surface area contributed by atoms with Gasteiger partial charge in [-0.1, -0.05) is 31.4 Å². The molecule has 0 aromatic rings. The average Bonchev–Trinajstić information content (AvgIpc) is 2.98. The summed E-state index contributed by atoms with van der Waals surface area (Å²) in [6.07, 6.45) is 16.4. The molecular formula is C16H26N2. The summed E-state index contributed by atoms with van der Waals surface area (Å²) in [5, 5.41) is 5.37. The predicted octanol–water partition coefficient (Wildman–Crippen LogP) is 3.21. The van der Waals surface area contributed by atoms with Gasteiger partial charge in [0.15, 0.2) is 0 Å². The molecule has 0 radical (unpaired) electrons. The fourth-order valence-corrected chi connectivity index (χ4v) is 4.78. The Bertz CT molecular complexity index is 338. The lowest BCUT2D eigenvalue weighted by molar-refractivity contribution is -0.156. The number of rotatable bonds is 1. The summed E-state index contributed by atoms with van der Waals surface area (Å²) in [5.41, 5.74) is 1.37. The van der Waals surface area contributed by atoms with E-state index in [4.69, 9.17) is 0 Å². The molecule has 2 heterocycles. The van der Waals surface area contributed by atoms with Crippen LogP contribution in [0.4, 0.5) is 0 Å². The standard InChI is InChI=1S/C16H26N2/c1-2-8-16(9-3-1)13-18(14-16)17-11-10-15(12-17)6-4-5-7-15/h4-5H,1-3,6-14H2. The number of hydrogen-bond donors (Lipinski definition) is 0. The zero-order chi connectivity index (χ0) is 12.1. The molecule has 2 saturated heterocycles. The Labute approximate surface area is 111 Å². The van der Waals surface area contributed by atoms with Gasteiger partial charge in [0.05, 0.1) is 0 Å². The van der Waals surface area contributed by atoms with Crippen LogP contribution in [0.5, 0.6) is 0 Å². The van der Waals surface area contributed by atoms with Crippen LogP contribution in [0.1, 0.15) is 51.4 Å². The summed E-state index contributed by atoms with van der Waals surface area (Å²) in [4.78, 5) is 0. The smallest absolute Gasteiger partial charge is 0.0203 e. The number of hydrogen-bond acceptors (Lipinski definition) is 2. The van der Waals surface area contributed by atoms with E-state index in [1.165, 1.54) is 77.5 Å². The van der Waals surface area contributed by atoms with Crippen LogP contribution in [0.2, 0.25) is 0 Å². The molecule has 2 nitrogen and oxygen atoms in total. The SMILES string of the molecule is C1=CCC2(C1)CCN(N1CC3(CCCCC3)C1)C2. The maximum absolute atomic E-state index is 2.69. The highest BCUT2D eigenvalue weighted by atomic mass is 15.7. The Hall–Kier alpha value is -0.340. The van der Waals surface area contributed by atoms with Gasteiger partial charge in [-0.2, -0.15) is 0 Å². The summed E-state index contributed by atoms with van der Waals surface area (Å²) in [6, 6.07) is 0. The van der Waals surface area contributed by atoms with Gasteiger partial charge < -0.3 is 0 Å². The third kappa shape index (κ3) is 1.77. The highest BCUT2D eigenvalue weighted by Crippen LogP contribution is 2.48. The van der Waals surface area contributed by atoms with Crippen molar-refractivity contribution in [2.24, 2.45) is 10.8 Å². The Kier molecular flexibility index (Phi) is 2.60. The molecule has 0 unspecified atom stereocenters. The summed E-state index contributed by atoms with van der Waals surface area (Å²) >= 11 is 0. The van der Waals surface area contributed by atoms with Gasteiger partial charge in [0.25, 0.3) is 0 Å². The Morgan fingerprint density at radius 2 is 1.33 bits per heavy atom. The number of nitrogens with zero attached hydrogens (tertiary/aromatic N) is 2.